The number of piperazine rings is 1. The van der Waals surface area contributed by atoms with Crippen LogP contribution in [0.3, 0.4) is 0 Å². The third kappa shape index (κ3) is 2.39. The van der Waals surface area contributed by atoms with Gasteiger partial charge < -0.3 is 9.80 Å². The molecular weight excluding hydrogens is 208 g/mol. The van der Waals surface area contributed by atoms with Gasteiger partial charge in [-0.1, -0.05) is 0 Å². The van der Waals surface area contributed by atoms with E-state index in [2.05, 4.69) is 5.10 Å². The number of rotatable bonds is 3. The molecule has 0 spiro atoms. The van der Waals surface area contributed by atoms with Gasteiger partial charge in [-0.05, 0) is 6.07 Å². The Morgan fingerprint density at radius 3 is 2.62 bits per heavy atom. The maximum atomic E-state index is 11.8. The summed E-state index contributed by atoms with van der Waals surface area (Å²) in [7, 11) is 0. The summed E-state index contributed by atoms with van der Waals surface area (Å²) in [5, 5.41) is 3.98. The summed E-state index contributed by atoms with van der Waals surface area (Å²) >= 11 is 0. The van der Waals surface area contributed by atoms with Gasteiger partial charge in [-0.3, -0.25) is 14.3 Å². The summed E-state index contributed by atoms with van der Waals surface area (Å²) in [6.45, 7) is 2.73. The van der Waals surface area contributed by atoms with Gasteiger partial charge in [-0.15, -0.1) is 0 Å². The molecule has 2 rings (SSSR count). The molecule has 0 saturated carbocycles. The van der Waals surface area contributed by atoms with Gasteiger partial charge in [-0.2, -0.15) is 5.10 Å². The molecule has 0 unspecified atom stereocenters. The van der Waals surface area contributed by atoms with E-state index >= 15 is 0 Å². The van der Waals surface area contributed by atoms with E-state index in [-0.39, 0.29) is 12.5 Å². The van der Waals surface area contributed by atoms with Crippen molar-refractivity contribution in [1.82, 2.24) is 19.6 Å². The Kier molecular flexibility index (Phi) is 3.19. The first-order valence-electron chi connectivity index (χ1n) is 5.24. The zero-order valence-electron chi connectivity index (χ0n) is 8.95. The maximum absolute atomic E-state index is 11.8. The highest BCUT2D eigenvalue weighted by atomic mass is 16.2. The van der Waals surface area contributed by atoms with Crippen LogP contribution in [0.4, 0.5) is 0 Å². The highest BCUT2D eigenvalue weighted by Crippen LogP contribution is 2.01. The van der Waals surface area contributed by atoms with Crippen molar-refractivity contribution < 1.29 is 9.59 Å². The van der Waals surface area contributed by atoms with Crippen molar-refractivity contribution in [3.8, 4) is 0 Å². The van der Waals surface area contributed by atoms with Gasteiger partial charge in [0, 0.05) is 38.6 Å². The Balaban J connectivity index is 1.84. The SMILES string of the molecule is O=CN1CCN(C(=O)Cn2cccn2)CC1. The van der Waals surface area contributed by atoms with Crippen molar-refractivity contribution in [3.05, 3.63) is 18.5 Å². The Morgan fingerprint density at radius 1 is 1.31 bits per heavy atom. The molecule has 0 aliphatic carbocycles. The minimum atomic E-state index is 0.0502. The number of amides is 2. The largest absolute Gasteiger partial charge is 0.342 e. The lowest BCUT2D eigenvalue weighted by Gasteiger charge is -2.32. The fourth-order valence-electron chi connectivity index (χ4n) is 1.71. The summed E-state index contributed by atoms with van der Waals surface area (Å²) in [6, 6.07) is 1.79. The normalized spacial score (nSPS) is 16.2. The van der Waals surface area contributed by atoms with E-state index in [1.807, 2.05) is 0 Å². The van der Waals surface area contributed by atoms with Crippen LogP contribution in [0.15, 0.2) is 18.5 Å². The van der Waals surface area contributed by atoms with E-state index in [0.717, 1.165) is 6.41 Å². The van der Waals surface area contributed by atoms with E-state index < -0.39 is 0 Å². The molecule has 2 heterocycles. The zero-order valence-corrected chi connectivity index (χ0v) is 8.95. The van der Waals surface area contributed by atoms with Crippen LogP contribution >= 0.6 is 0 Å². The summed E-state index contributed by atoms with van der Waals surface area (Å²) in [6.07, 6.45) is 4.24. The third-order valence-corrected chi connectivity index (χ3v) is 2.67. The minimum Gasteiger partial charge on any atom is -0.342 e. The number of nitrogens with zero attached hydrogens (tertiary/aromatic N) is 4. The van der Waals surface area contributed by atoms with Crippen LogP contribution in [-0.4, -0.2) is 58.1 Å². The molecule has 1 fully saturated rings. The number of hydrogen-bond donors (Lipinski definition) is 0. The van der Waals surface area contributed by atoms with Crippen molar-refractivity contribution in [2.24, 2.45) is 0 Å². The van der Waals surface area contributed by atoms with Gasteiger partial charge >= 0.3 is 0 Å². The van der Waals surface area contributed by atoms with Crippen molar-refractivity contribution in [2.45, 2.75) is 6.54 Å². The molecular formula is C10H14N4O2. The van der Waals surface area contributed by atoms with Gasteiger partial charge in [0.05, 0.1) is 0 Å². The van der Waals surface area contributed by atoms with Crippen LogP contribution in [0, 0.1) is 0 Å². The first-order valence-corrected chi connectivity index (χ1v) is 5.24. The molecule has 1 saturated heterocycles. The van der Waals surface area contributed by atoms with Gasteiger partial charge in [0.2, 0.25) is 12.3 Å². The van der Waals surface area contributed by atoms with Crippen LogP contribution in [-0.2, 0) is 16.1 Å². The molecule has 0 N–H and O–H groups in total. The number of hydrogen-bond acceptors (Lipinski definition) is 3. The average molecular weight is 222 g/mol. The topological polar surface area (TPSA) is 58.4 Å². The first-order chi connectivity index (χ1) is 7.79. The highest BCUT2D eigenvalue weighted by Gasteiger charge is 2.19. The lowest BCUT2D eigenvalue weighted by atomic mass is 10.3. The molecule has 6 heteroatoms. The molecule has 1 aliphatic heterocycles. The molecule has 2 amide bonds. The smallest absolute Gasteiger partial charge is 0.244 e. The van der Waals surface area contributed by atoms with Crippen molar-refractivity contribution in [2.75, 3.05) is 26.2 Å². The third-order valence-electron chi connectivity index (χ3n) is 2.67. The van der Waals surface area contributed by atoms with Crippen molar-refractivity contribution in [1.29, 1.82) is 0 Å². The lowest BCUT2D eigenvalue weighted by molar-refractivity contribution is -0.135. The minimum absolute atomic E-state index is 0.0502. The van der Waals surface area contributed by atoms with E-state index in [4.69, 9.17) is 0 Å². The van der Waals surface area contributed by atoms with Crippen LogP contribution in [0.2, 0.25) is 0 Å². The first kappa shape index (κ1) is 10.7. The predicted molar refractivity (Wildman–Crippen MR) is 56.4 cm³/mol. The molecule has 0 atom stereocenters. The highest BCUT2D eigenvalue weighted by molar-refractivity contribution is 5.76. The van der Waals surface area contributed by atoms with E-state index in [1.54, 1.807) is 32.9 Å². The van der Waals surface area contributed by atoms with Crippen LogP contribution in [0.1, 0.15) is 0 Å². The predicted octanol–water partition coefficient (Wildman–Crippen LogP) is -0.816. The number of aromatic nitrogens is 2. The number of carbonyl (C=O) groups excluding carboxylic acids is 2. The summed E-state index contributed by atoms with van der Waals surface area (Å²) in [5.74, 6) is 0.0502. The molecule has 1 aromatic heterocycles. The standard InChI is InChI=1S/C10H14N4O2/c15-9-12-4-6-13(7-5-12)10(16)8-14-3-1-2-11-14/h1-3,9H,4-8H2. The summed E-state index contributed by atoms with van der Waals surface area (Å²) in [4.78, 5) is 25.8. The maximum Gasteiger partial charge on any atom is 0.244 e. The molecule has 0 radical (unpaired) electrons. The van der Waals surface area contributed by atoms with Crippen LogP contribution in [0.25, 0.3) is 0 Å². The van der Waals surface area contributed by atoms with Crippen molar-refractivity contribution in [3.63, 3.8) is 0 Å². The Labute approximate surface area is 93.4 Å². The molecule has 0 aromatic carbocycles. The lowest BCUT2D eigenvalue weighted by Crippen LogP contribution is -2.49. The van der Waals surface area contributed by atoms with Gasteiger partial charge in [-0.25, -0.2) is 0 Å². The quantitative estimate of drug-likeness (QED) is 0.628. The second kappa shape index (κ2) is 4.78. The Hall–Kier alpha value is -1.85. The molecule has 86 valence electrons. The second-order valence-corrected chi connectivity index (χ2v) is 3.73. The van der Waals surface area contributed by atoms with Gasteiger partial charge in [0.15, 0.2) is 0 Å². The van der Waals surface area contributed by atoms with E-state index in [0.29, 0.717) is 26.2 Å². The van der Waals surface area contributed by atoms with Gasteiger partial charge in [0.1, 0.15) is 6.54 Å². The Bertz CT molecular complexity index is 355. The monoisotopic (exact) mass is 222 g/mol. The van der Waals surface area contributed by atoms with Crippen LogP contribution < -0.4 is 0 Å². The molecule has 1 aliphatic rings. The van der Waals surface area contributed by atoms with E-state index in [9.17, 15) is 9.59 Å². The fourth-order valence-corrected chi connectivity index (χ4v) is 1.71. The number of carbonyl (C=O) groups is 2. The van der Waals surface area contributed by atoms with Gasteiger partial charge in [0.25, 0.3) is 0 Å². The average Bonchev–Trinajstić information content (AvgIpc) is 2.82. The molecule has 6 nitrogen and oxygen atoms in total. The molecule has 16 heavy (non-hydrogen) atoms. The Morgan fingerprint density at radius 2 is 2.06 bits per heavy atom. The molecule has 1 aromatic rings. The van der Waals surface area contributed by atoms with E-state index in [1.165, 1.54) is 0 Å². The van der Waals surface area contributed by atoms with Crippen molar-refractivity contribution >= 4 is 12.3 Å². The fraction of sp³-hybridized carbons (Fsp3) is 0.500. The van der Waals surface area contributed by atoms with Crippen LogP contribution in [0.5, 0.6) is 0 Å². The summed E-state index contributed by atoms with van der Waals surface area (Å²) < 4.78 is 1.61. The molecule has 0 bridgehead atoms. The summed E-state index contributed by atoms with van der Waals surface area (Å²) in [5.41, 5.74) is 0. The zero-order chi connectivity index (χ0) is 11.4. The second-order valence-electron chi connectivity index (χ2n) is 3.73.